The van der Waals surface area contributed by atoms with Gasteiger partial charge in [-0.05, 0) is 54.2 Å². The van der Waals surface area contributed by atoms with Gasteiger partial charge in [0.05, 0.1) is 38.4 Å². The maximum atomic E-state index is 13.0. The lowest BCUT2D eigenvalue weighted by Gasteiger charge is -2.31. The van der Waals surface area contributed by atoms with Gasteiger partial charge in [-0.2, -0.15) is 0 Å². The third-order valence-electron chi connectivity index (χ3n) is 7.04. The molecule has 2 heterocycles. The minimum atomic E-state index is -0.865. The van der Waals surface area contributed by atoms with Crippen LogP contribution in [-0.4, -0.2) is 79.2 Å². The van der Waals surface area contributed by atoms with Gasteiger partial charge in [-0.1, -0.05) is 38.1 Å². The molecule has 0 radical (unpaired) electrons. The van der Waals surface area contributed by atoms with E-state index in [1.54, 1.807) is 31.4 Å². The monoisotopic (exact) mass is 528 g/mol. The highest BCUT2D eigenvalue weighted by atomic mass is 16.7. The van der Waals surface area contributed by atoms with Crippen molar-refractivity contribution in [1.29, 1.82) is 0 Å². The second kappa shape index (κ2) is 13.3. The van der Waals surface area contributed by atoms with Crippen LogP contribution >= 0.6 is 0 Å². The van der Waals surface area contributed by atoms with Crippen molar-refractivity contribution in [2.24, 2.45) is 11.8 Å². The zero-order chi connectivity index (χ0) is 27.1. The van der Waals surface area contributed by atoms with E-state index in [0.717, 1.165) is 29.8 Å². The molecule has 0 spiro atoms. The zero-order valence-electron chi connectivity index (χ0n) is 22.4. The molecule has 4 rings (SSSR count). The summed E-state index contributed by atoms with van der Waals surface area (Å²) < 4.78 is 22.1. The first-order valence-electron chi connectivity index (χ1n) is 13.3. The standard InChI is InChI=1S/C29H40N2O7/c1-19(2)15-31(16-21-6-10-23(35-3)11-7-21)17-26(33)25(14-20-4-8-22(32)9-5-20)30-29(34)38-27-18-37-28-24(27)12-13-36-28/h4-11,19,24-28,32-33H,12-18H2,1-3H3,(H,30,34)/t24-,25-,26+,27-,28+/m0/s1. The van der Waals surface area contributed by atoms with Crippen LogP contribution in [0.3, 0.4) is 0 Å². The molecule has 9 nitrogen and oxygen atoms in total. The quantitative estimate of drug-likeness (QED) is 0.385. The number of hydrogen-bond acceptors (Lipinski definition) is 8. The summed E-state index contributed by atoms with van der Waals surface area (Å²) in [4.78, 5) is 15.1. The number of alkyl carbamates (subject to hydrolysis) is 1. The Kier molecular flexibility index (Phi) is 9.85. The van der Waals surface area contributed by atoms with Crippen molar-refractivity contribution >= 4 is 6.09 Å². The van der Waals surface area contributed by atoms with Crippen LogP contribution in [0.4, 0.5) is 4.79 Å². The van der Waals surface area contributed by atoms with Gasteiger partial charge in [-0.3, -0.25) is 4.90 Å². The summed E-state index contributed by atoms with van der Waals surface area (Å²) in [7, 11) is 1.64. The Morgan fingerprint density at radius 3 is 2.47 bits per heavy atom. The third kappa shape index (κ3) is 7.83. The number of aliphatic hydroxyl groups excluding tert-OH is 1. The minimum absolute atomic E-state index is 0.0345. The molecule has 2 saturated heterocycles. The second-order valence-electron chi connectivity index (χ2n) is 10.6. The van der Waals surface area contributed by atoms with Crippen LogP contribution < -0.4 is 10.1 Å². The van der Waals surface area contributed by atoms with Gasteiger partial charge in [-0.25, -0.2) is 4.79 Å². The highest BCUT2D eigenvalue weighted by Gasteiger charge is 2.44. The molecule has 0 unspecified atom stereocenters. The number of carbonyl (C=O) groups is 1. The van der Waals surface area contributed by atoms with Crippen LogP contribution in [0.5, 0.6) is 11.5 Å². The van der Waals surface area contributed by atoms with Crippen LogP contribution in [0.15, 0.2) is 48.5 Å². The van der Waals surface area contributed by atoms with E-state index in [-0.39, 0.29) is 24.1 Å². The van der Waals surface area contributed by atoms with Gasteiger partial charge in [0.25, 0.3) is 0 Å². The van der Waals surface area contributed by atoms with Crippen LogP contribution in [-0.2, 0) is 27.2 Å². The number of fused-ring (bicyclic) bond motifs is 1. The molecule has 2 aromatic rings. The molecule has 2 fully saturated rings. The number of benzene rings is 2. The molecule has 2 aliphatic rings. The summed E-state index contributed by atoms with van der Waals surface area (Å²) in [6.45, 7) is 6.97. The summed E-state index contributed by atoms with van der Waals surface area (Å²) in [5.74, 6) is 1.38. The van der Waals surface area contributed by atoms with Gasteiger partial charge in [0.1, 0.15) is 17.6 Å². The van der Waals surface area contributed by atoms with Crippen LogP contribution in [0.1, 0.15) is 31.4 Å². The van der Waals surface area contributed by atoms with Crippen molar-refractivity contribution in [3.63, 3.8) is 0 Å². The van der Waals surface area contributed by atoms with Gasteiger partial charge >= 0.3 is 6.09 Å². The Balaban J connectivity index is 1.44. The summed E-state index contributed by atoms with van der Waals surface area (Å²) in [6.07, 6.45) is -0.965. The van der Waals surface area contributed by atoms with E-state index in [9.17, 15) is 15.0 Å². The van der Waals surface area contributed by atoms with Crippen molar-refractivity contribution < 1.29 is 34.0 Å². The number of hydrogen-bond donors (Lipinski definition) is 3. The average molecular weight is 529 g/mol. The lowest BCUT2D eigenvalue weighted by molar-refractivity contribution is -0.0907. The van der Waals surface area contributed by atoms with Gasteiger partial charge in [-0.15, -0.1) is 0 Å². The van der Waals surface area contributed by atoms with E-state index >= 15 is 0 Å². The van der Waals surface area contributed by atoms with Crippen LogP contribution in [0.2, 0.25) is 0 Å². The number of nitrogens with one attached hydrogen (secondary N) is 1. The highest BCUT2D eigenvalue weighted by Crippen LogP contribution is 2.33. The number of aromatic hydroxyl groups is 1. The molecule has 2 aliphatic heterocycles. The number of amides is 1. The van der Waals surface area contributed by atoms with E-state index < -0.39 is 18.2 Å². The number of nitrogens with zero attached hydrogens (tertiary/aromatic N) is 1. The van der Waals surface area contributed by atoms with Crippen molar-refractivity contribution in [3.05, 3.63) is 59.7 Å². The van der Waals surface area contributed by atoms with Crippen molar-refractivity contribution in [1.82, 2.24) is 10.2 Å². The maximum Gasteiger partial charge on any atom is 0.407 e. The van der Waals surface area contributed by atoms with Gasteiger partial charge in [0.2, 0.25) is 0 Å². The summed E-state index contributed by atoms with van der Waals surface area (Å²) in [5, 5.41) is 24.0. The topological polar surface area (TPSA) is 110 Å². The number of carbonyl (C=O) groups excluding carboxylic acids is 1. The molecule has 0 saturated carbocycles. The highest BCUT2D eigenvalue weighted by molar-refractivity contribution is 5.68. The molecule has 2 aromatic carbocycles. The first-order valence-corrected chi connectivity index (χ1v) is 13.3. The fourth-order valence-electron chi connectivity index (χ4n) is 5.14. The predicted octanol–water partition coefficient (Wildman–Crippen LogP) is 3.32. The summed E-state index contributed by atoms with van der Waals surface area (Å²) in [6, 6.07) is 14.1. The van der Waals surface area contributed by atoms with Crippen LogP contribution in [0.25, 0.3) is 0 Å². The molecule has 9 heteroatoms. The second-order valence-corrected chi connectivity index (χ2v) is 10.6. The molecule has 0 aromatic heterocycles. The average Bonchev–Trinajstić information content (AvgIpc) is 3.50. The van der Waals surface area contributed by atoms with E-state index in [1.807, 2.05) is 24.3 Å². The molecule has 38 heavy (non-hydrogen) atoms. The smallest absolute Gasteiger partial charge is 0.407 e. The van der Waals surface area contributed by atoms with Crippen molar-refractivity contribution in [2.45, 2.75) is 57.8 Å². The molecular formula is C29H40N2O7. The molecule has 1 amide bonds. The number of rotatable bonds is 12. The Bertz CT molecular complexity index is 1010. The normalized spacial score (nSPS) is 22.3. The lowest BCUT2D eigenvalue weighted by atomic mass is 10.00. The number of phenolic OH excluding ortho intramolecular Hbond substituents is 1. The molecule has 0 bridgehead atoms. The molecule has 0 aliphatic carbocycles. The Morgan fingerprint density at radius 2 is 1.79 bits per heavy atom. The first-order chi connectivity index (χ1) is 18.3. The lowest BCUT2D eigenvalue weighted by Crippen LogP contribution is -2.50. The first kappa shape index (κ1) is 28.2. The van der Waals surface area contributed by atoms with Crippen molar-refractivity contribution in [2.75, 3.05) is 33.4 Å². The fraction of sp³-hybridized carbons (Fsp3) is 0.552. The van der Waals surface area contributed by atoms with E-state index in [1.165, 1.54) is 0 Å². The van der Waals surface area contributed by atoms with Gasteiger partial charge < -0.3 is 34.5 Å². The molecule has 3 N–H and O–H groups in total. The Hall–Kier alpha value is -2.85. The minimum Gasteiger partial charge on any atom is -0.508 e. The van der Waals surface area contributed by atoms with Gasteiger partial charge in [0.15, 0.2) is 6.29 Å². The van der Waals surface area contributed by atoms with E-state index in [4.69, 9.17) is 18.9 Å². The molecule has 208 valence electrons. The van der Waals surface area contributed by atoms with E-state index in [0.29, 0.717) is 38.6 Å². The maximum absolute atomic E-state index is 13.0. The zero-order valence-corrected chi connectivity index (χ0v) is 22.4. The van der Waals surface area contributed by atoms with Crippen molar-refractivity contribution in [3.8, 4) is 11.5 Å². The largest absolute Gasteiger partial charge is 0.508 e. The number of ether oxygens (including phenoxy) is 4. The molecular weight excluding hydrogens is 488 g/mol. The summed E-state index contributed by atoms with van der Waals surface area (Å²) >= 11 is 0. The Morgan fingerprint density at radius 1 is 1.08 bits per heavy atom. The number of aliphatic hydroxyl groups is 1. The molecule has 5 atom stereocenters. The SMILES string of the molecule is COc1ccc(CN(CC(C)C)C[C@@H](O)[C@H](Cc2ccc(O)cc2)NC(=O)O[C@H]2CO[C@H]3OCC[C@H]32)cc1. The number of methoxy groups -OCH3 is 1. The van der Waals surface area contributed by atoms with Crippen LogP contribution in [0, 0.1) is 11.8 Å². The summed E-state index contributed by atoms with van der Waals surface area (Å²) in [5.41, 5.74) is 1.99. The third-order valence-corrected chi connectivity index (χ3v) is 7.04. The van der Waals surface area contributed by atoms with Gasteiger partial charge in [0, 0.05) is 19.6 Å². The number of phenols is 1. The predicted molar refractivity (Wildman–Crippen MR) is 142 cm³/mol. The fourth-order valence-corrected chi connectivity index (χ4v) is 5.14. The Labute approximate surface area is 224 Å². The van der Waals surface area contributed by atoms with E-state index in [2.05, 4.69) is 24.1 Å².